The van der Waals surface area contributed by atoms with Crippen LogP contribution in [0.4, 0.5) is 20.2 Å². The van der Waals surface area contributed by atoms with Crippen LogP contribution in [0, 0.1) is 23.5 Å². The van der Waals surface area contributed by atoms with Crippen molar-refractivity contribution in [1.82, 2.24) is 19.4 Å². The highest BCUT2D eigenvalue weighted by atomic mass is 19.2. The lowest BCUT2D eigenvalue weighted by Crippen LogP contribution is -2.35. The minimum atomic E-state index is -1.32. The Labute approximate surface area is 246 Å². The van der Waals surface area contributed by atoms with Gasteiger partial charge < -0.3 is 24.8 Å². The second-order valence-electron chi connectivity index (χ2n) is 12.2. The van der Waals surface area contributed by atoms with Gasteiger partial charge in [-0.05, 0) is 50.4 Å². The van der Waals surface area contributed by atoms with Crippen molar-refractivity contribution >= 4 is 28.4 Å². The molecule has 2 aliphatic carbocycles. The van der Waals surface area contributed by atoms with Crippen molar-refractivity contribution in [2.24, 2.45) is 18.9 Å². The molecule has 3 aliphatic rings. The van der Waals surface area contributed by atoms with Crippen LogP contribution in [-0.4, -0.2) is 70.8 Å². The molecule has 0 spiro atoms. The van der Waals surface area contributed by atoms with Gasteiger partial charge in [0.1, 0.15) is 11.2 Å². The van der Waals surface area contributed by atoms with E-state index in [1.165, 1.54) is 16.8 Å². The number of benzene rings is 1. The smallest absolute Gasteiger partial charge is 0.341 e. The molecule has 1 unspecified atom stereocenters. The monoisotopic (exact) mass is 586 g/mol. The van der Waals surface area contributed by atoms with Crippen molar-refractivity contribution in [2.45, 2.75) is 25.3 Å². The predicted molar refractivity (Wildman–Crippen MR) is 161 cm³/mol. The van der Waals surface area contributed by atoms with Gasteiger partial charge in [0.25, 0.3) is 0 Å². The summed E-state index contributed by atoms with van der Waals surface area (Å²) in [6.45, 7) is 1.50. The second kappa shape index (κ2) is 9.84. The zero-order chi connectivity index (χ0) is 30.3. The van der Waals surface area contributed by atoms with E-state index in [0.29, 0.717) is 63.6 Å². The number of hydrogen-bond acceptors (Lipinski definition) is 7. The molecule has 222 valence electrons. The minimum Gasteiger partial charge on any atom is -0.477 e. The number of carboxylic acids is 1. The Hall–Kier alpha value is -4.38. The fourth-order valence-electron chi connectivity index (χ4n) is 7.70. The quantitative estimate of drug-likeness (QED) is 0.313. The molecule has 43 heavy (non-hydrogen) atoms. The molecule has 0 amide bonds. The van der Waals surface area contributed by atoms with Crippen molar-refractivity contribution in [2.75, 3.05) is 44.4 Å². The van der Waals surface area contributed by atoms with E-state index in [1.54, 1.807) is 32.6 Å². The first-order chi connectivity index (χ1) is 20.6. The van der Waals surface area contributed by atoms with Crippen LogP contribution in [0.15, 0.2) is 35.5 Å². The largest absolute Gasteiger partial charge is 0.477 e. The first-order valence-electron chi connectivity index (χ1n) is 14.4. The van der Waals surface area contributed by atoms with Crippen LogP contribution < -0.4 is 15.6 Å². The van der Waals surface area contributed by atoms with Gasteiger partial charge in [0, 0.05) is 92.2 Å². The molecule has 9 nitrogen and oxygen atoms in total. The Kier molecular flexibility index (Phi) is 6.28. The van der Waals surface area contributed by atoms with Crippen LogP contribution in [0.25, 0.3) is 33.3 Å². The Morgan fingerprint density at radius 2 is 1.91 bits per heavy atom. The summed E-state index contributed by atoms with van der Waals surface area (Å²) in [5, 5.41) is 12.8. The van der Waals surface area contributed by atoms with Gasteiger partial charge in [-0.25, -0.2) is 18.6 Å². The van der Waals surface area contributed by atoms with Gasteiger partial charge in [-0.1, -0.05) is 0 Å². The molecule has 1 saturated carbocycles. The van der Waals surface area contributed by atoms with Crippen LogP contribution in [0.2, 0.25) is 0 Å². The molecule has 7 rings (SSSR count). The minimum absolute atomic E-state index is 0.160. The number of carbonyl (C=O) groups is 1. The number of halogens is 2. The Morgan fingerprint density at radius 1 is 1.12 bits per heavy atom. The zero-order valence-corrected chi connectivity index (χ0v) is 24.4. The van der Waals surface area contributed by atoms with Gasteiger partial charge in [0.15, 0.2) is 11.6 Å². The van der Waals surface area contributed by atoms with E-state index in [-0.39, 0.29) is 16.5 Å². The standard InChI is InChI=1S/C32H32F2N6O3/c1-35-23-9-22(33)28(34)26-17(23)8-24-27(26)29(40-12-15-5-6-25(38(2)3)20(15)14-40)19(11-36-24)16-7-18-30(41)21(32(42)43)13-39(4)31(18)37-10-16/h7,9-11,13,15,20,25,35H,5-6,8,12,14H2,1-4H3,(H,42,43)/t15-,20?,25-/m1/s1. The third kappa shape index (κ3) is 4.05. The second-order valence-corrected chi connectivity index (χ2v) is 12.2. The molecule has 1 saturated heterocycles. The first-order valence-corrected chi connectivity index (χ1v) is 14.4. The van der Waals surface area contributed by atoms with Crippen molar-refractivity contribution in [3.63, 3.8) is 0 Å². The molecular weight excluding hydrogens is 554 g/mol. The number of aromatic nitrogens is 3. The summed E-state index contributed by atoms with van der Waals surface area (Å²) in [7, 11) is 7.53. The lowest BCUT2D eigenvalue weighted by atomic mass is 9.96. The van der Waals surface area contributed by atoms with E-state index < -0.39 is 23.0 Å². The maximum Gasteiger partial charge on any atom is 0.341 e. The van der Waals surface area contributed by atoms with Crippen LogP contribution >= 0.6 is 0 Å². The van der Waals surface area contributed by atoms with Crippen LogP contribution in [0.5, 0.6) is 0 Å². The highest BCUT2D eigenvalue weighted by molar-refractivity contribution is 5.98. The highest BCUT2D eigenvalue weighted by Gasteiger charge is 2.45. The lowest BCUT2D eigenvalue weighted by molar-refractivity contribution is 0.0695. The van der Waals surface area contributed by atoms with E-state index in [2.05, 4.69) is 34.2 Å². The maximum atomic E-state index is 15.8. The molecule has 3 aromatic heterocycles. The topological polar surface area (TPSA) is 104 Å². The average Bonchev–Trinajstić information content (AvgIpc) is 3.68. The summed E-state index contributed by atoms with van der Waals surface area (Å²) in [6.07, 6.45) is 7.17. The normalized spacial score (nSPS) is 20.5. The highest BCUT2D eigenvalue weighted by Crippen LogP contribution is 2.52. The van der Waals surface area contributed by atoms with Crippen molar-refractivity contribution < 1.29 is 18.7 Å². The van der Waals surface area contributed by atoms with E-state index in [1.807, 2.05) is 0 Å². The fraction of sp³-hybridized carbons (Fsp3) is 0.375. The van der Waals surface area contributed by atoms with Gasteiger partial charge in [0.2, 0.25) is 5.43 Å². The average molecular weight is 587 g/mol. The first kappa shape index (κ1) is 27.5. The molecule has 0 radical (unpaired) electrons. The molecule has 1 aromatic carbocycles. The Bertz CT molecular complexity index is 1910. The van der Waals surface area contributed by atoms with Crippen molar-refractivity contribution in [3.8, 4) is 22.3 Å². The van der Waals surface area contributed by atoms with E-state index in [9.17, 15) is 19.1 Å². The zero-order valence-electron chi connectivity index (χ0n) is 24.4. The number of aryl methyl sites for hydroxylation is 1. The number of anilines is 2. The Balaban J connectivity index is 1.48. The number of aromatic carboxylic acids is 1. The van der Waals surface area contributed by atoms with E-state index in [4.69, 9.17) is 4.98 Å². The predicted octanol–water partition coefficient (Wildman–Crippen LogP) is 4.36. The summed E-state index contributed by atoms with van der Waals surface area (Å²) >= 11 is 0. The number of carboxylic acid groups (broad SMARTS) is 1. The molecular formula is C32H32F2N6O3. The van der Waals surface area contributed by atoms with Gasteiger partial charge in [0.05, 0.1) is 16.8 Å². The number of nitrogens with zero attached hydrogens (tertiary/aromatic N) is 5. The number of nitrogens with one attached hydrogen (secondary N) is 1. The van der Waals surface area contributed by atoms with Crippen LogP contribution in [-0.2, 0) is 13.5 Å². The maximum absolute atomic E-state index is 15.8. The lowest BCUT2D eigenvalue weighted by Gasteiger charge is -2.29. The molecule has 1 aliphatic heterocycles. The van der Waals surface area contributed by atoms with E-state index >= 15 is 4.39 Å². The Morgan fingerprint density at radius 3 is 2.63 bits per heavy atom. The summed E-state index contributed by atoms with van der Waals surface area (Å²) in [4.78, 5) is 38.9. The molecule has 2 N–H and O–H groups in total. The van der Waals surface area contributed by atoms with Gasteiger partial charge >= 0.3 is 5.97 Å². The number of pyridine rings is 3. The number of fused-ring (bicyclic) bond motifs is 5. The summed E-state index contributed by atoms with van der Waals surface area (Å²) < 4.78 is 32.3. The molecule has 2 fully saturated rings. The third-order valence-corrected chi connectivity index (χ3v) is 9.67. The van der Waals surface area contributed by atoms with Crippen molar-refractivity contribution in [3.05, 3.63) is 69.4 Å². The fourth-order valence-corrected chi connectivity index (χ4v) is 7.70. The SMILES string of the molecule is CNc1cc(F)c(F)c2c1Cc1ncc(-c3cnc4c(c3)c(=O)c(C(=O)O)cn4C)c(N3CC4[C@H](CC[C@H]4N(C)C)C3)c1-2. The molecule has 11 heteroatoms. The van der Waals surface area contributed by atoms with Crippen LogP contribution in [0.3, 0.4) is 0 Å². The van der Waals surface area contributed by atoms with Gasteiger partial charge in [-0.15, -0.1) is 0 Å². The summed E-state index contributed by atoms with van der Waals surface area (Å²) in [5.74, 6) is -2.29. The molecule has 4 heterocycles. The summed E-state index contributed by atoms with van der Waals surface area (Å²) in [6, 6.07) is 3.25. The molecule has 0 bridgehead atoms. The molecule has 4 aromatic rings. The van der Waals surface area contributed by atoms with Crippen LogP contribution in [0.1, 0.15) is 34.5 Å². The molecule has 3 atom stereocenters. The van der Waals surface area contributed by atoms with E-state index in [0.717, 1.165) is 31.6 Å². The van der Waals surface area contributed by atoms with Crippen molar-refractivity contribution in [1.29, 1.82) is 0 Å². The summed E-state index contributed by atoms with van der Waals surface area (Å²) in [5.41, 5.74) is 3.91. The number of rotatable bonds is 5. The van der Waals surface area contributed by atoms with Gasteiger partial charge in [-0.3, -0.25) is 9.78 Å². The number of hydrogen-bond donors (Lipinski definition) is 2. The third-order valence-electron chi connectivity index (χ3n) is 9.67. The van der Waals surface area contributed by atoms with Gasteiger partial charge in [-0.2, -0.15) is 0 Å².